The molecule has 4 N–H and O–H groups in total. The SMILES string of the molecule is CCCN(CC)CCNc1nc(N)nc2[nH]ncc12. The maximum Gasteiger partial charge on any atom is 0.224 e. The fourth-order valence-corrected chi connectivity index (χ4v) is 2.06. The number of H-pyrrole nitrogens is 1. The zero-order valence-electron chi connectivity index (χ0n) is 11.5. The van der Waals surface area contributed by atoms with Crippen LogP contribution in [0.2, 0.25) is 0 Å². The standard InChI is InChI=1S/C12H21N7/c1-3-6-19(4-2)7-5-14-10-9-8-15-18-11(9)17-12(13)16-10/h8H,3-7H2,1-2H3,(H4,13,14,15,16,17,18). The van der Waals surface area contributed by atoms with Gasteiger partial charge in [0.2, 0.25) is 5.95 Å². The van der Waals surface area contributed by atoms with E-state index in [4.69, 9.17) is 5.73 Å². The number of nitrogens with zero attached hydrogens (tertiary/aromatic N) is 4. The molecule has 0 aliphatic carbocycles. The van der Waals surface area contributed by atoms with Crippen LogP contribution in [0.4, 0.5) is 11.8 Å². The van der Waals surface area contributed by atoms with Gasteiger partial charge in [0.25, 0.3) is 0 Å². The van der Waals surface area contributed by atoms with Crippen LogP contribution >= 0.6 is 0 Å². The van der Waals surface area contributed by atoms with Crippen LogP contribution in [0.25, 0.3) is 11.0 Å². The molecule has 0 aliphatic rings. The number of anilines is 2. The predicted octanol–water partition coefficient (Wildman–Crippen LogP) is 1.08. The highest BCUT2D eigenvalue weighted by Gasteiger charge is 2.08. The average molecular weight is 263 g/mol. The molecule has 7 nitrogen and oxygen atoms in total. The molecular weight excluding hydrogens is 242 g/mol. The van der Waals surface area contributed by atoms with E-state index < -0.39 is 0 Å². The molecule has 2 heterocycles. The maximum atomic E-state index is 5.67. The van der Waals surface area contributed by atoms with Gasteiger partial charge in [0.1, 0.15) is 5.82 Å². The van der Waals surface area contributed by atoms with E-state index in [9.17, 15) is 0 Å². The normalized spacial score (nSPS) is 11.3. The molecule has 19 heavy (non-hydrogen) atoms. The van der Waals surface area contributed by atoms with Gasteiger partial charge in [-0.2, -0.15) is 15.1 Å². The number of aromatic nitrogens is 4. The highest BCUT2D eigenvalue weighted by atomic mass is 15.2. The Morgan fingerprint density at radius 3 is 2.89 bits per heavy atom. The second kappa shape index (κ2) is 6.33. The number of rotatable bonds is 7. The Balaban J connectivity index is 1.99. The van der Waals surface area contributed by atoms with Crippen molar-refractivity contribution in [3.63, 3.8) is 0 Å². The summed E-state index contributed by atoms with van der Waals surface area (Å²) in [5.74, 6) is 0.990. The van der Waals surface area contributed by atoms with Crippen molar-refractivity contribution in [2.45, 2.75) is 20.3 Å². The number of hydrogen-bond acceptors (Lipinski definition) is 6. The van der Waals surface area contributed by atoms with Gasteiger partial charge in [-0.3, -0.25) is 5.10 Å². The van der Waals surface area contributed by atoms with E-state index in [2.05, 4.69) is 44.2 Å². The molecule has 2 aromatic heterocycles. The van der Waals surface area contributed by atoms with E-state index in [0.29, 0.717) is 5.65 Å². The lowest BCUT2D eigenvalue weighted by atomic mass is 10.3. The molecular formula is C12H21N7. The molecule has 0 fully saturated rings. The van der Waals surface area contributed by atoms with Crippen molar-refractivity contribution >= 4 is 22.8 Å². The van der Waals surface area contributed by atoms with Gasteiger partial charge in [-0.1, -0.05) is 13.8 Å². The van der Waals surface area contributed by atoms with Crippen molar-refractivity contribution in [1.82, 2.24) is 25.1 Å². The molecule has 2 aromatic rings. The van der Waals surface area contributed by atoms with E-state index in [-0.39, 0.29) is 5.95 Å². The molecule has 0 radical (unpaired) electrons. The van der Waals surface area contributed by atoms with Gasteiger partial charge in [0.05, 0.1) is 11.6 Å². The second-order valence-corrected chi connectivity index (χ2v) is 4.42. The minimum absolute atomic E-state index is 0.250. The number of nitrogen functional groups attached to an aromatic ring is 1. The van der Waals surface area contributed by atoms with E-state index in [0.717, 1.165) is 37.4 Å². The molecule has 104 valence electrons. The zero-order valence-corrected chi connectivity index (χ0v) is 11.5. The Hall–Kier alpha value is -1.89. The zero-order chi connectivity index (χ0) is 13.7. The van der Waals surface area contributed by atoms with Gasteiger partial charge < -0.3 is 16.0 Å². The number of aromatic amines is 1. The molecule has 7 heteroatoms. The summed E-state index contributed by atoms with van der Waals surface area (Å²) >= 11 is 0. The third-order valence-electron chi connectivity index (χ3n) is 3.03. The van der Waals surface area contributed by atoms with E-state index in [1.165, 1.54) is 6.42 Å². The van der Waals surface area contributed by atoms with Crippen LogP contribution in [0, 0.1) is 0 Å². The molecule has 0 aromatic carbocycles. The van der Waals surface area contributed by atoms with Crippen molar-refractivity contribution in [1.29, 1.82) is 0 Å². The lowest BCUT2D eigenvalue weighted by molar-refractivity contribution is 0.300. The number of fused-ring (bicyclic) bond motifs is 1. The summed E-state index contributed by atoms with van der Waals surface area (Å²) in [5, 5.41) is 10.9. The van der Waals surface area contributed by atoms with Crippen molar-refractivity contribution in [2.75, 3.05) is 37.2 Å². The fraction of sp³-hybridized carbons (Fsp3) is 0.583. The van der Waals surface area contributed by atoms with Crippen LogP contribution < -0.4 is 11.1 Å². The van der Waals surface area contributed by atoms with Gasteiger partial charge in [-0.25, -0.2) is 0 Å². The first-order valence-electron chi connectivity index (χ1n) is 6.67. The molecule has 0 spiro atoms. The minimum Gasteiger partial charge on any atom is -0.368 e. The molecule has 0 bridgehead atoms. The Labute approximate surface area is 112 Å². The molecule has 2 rings (SSSR count). The van der Waals surface area contributed by atoms with Gasteiger partial charge in [-0.05, 0) is 19.5 Å². The van der Waals surface area contributed by atoms with Gasteiger partial charge in [0.15, 0.2) is 5.65 Å². The Kier molecular flexibility index (Phi) is 4.51. The van der Waals surface area contributed by atoms with Crippen LogP contribution in [0.15, 0.2) is 6.20 Å². The third kappa shape index (κ3) is 3.31. The van der Waals surface area contributed by atoms with Crippen molar-refractivity contribution in [2.24, 2.45) is 0 Å². The van der Waals surface area contributed by atoms with Crippen LogP contribution in [-0.4, -0.2) is 51.2 Å². The summed E-state index contributed by atoms with van der Waals surface area (Å²) in [4.78, 5) is 10.7. The molecule has 0 saturated carbocycles. The largest absolute Gasteiger partial charge is 0.368 e. The van der Waals surface area contributed by atoms with Crippen molar-refractivity contribution < 1.29 is 0 Å². The molecule has 0 unspecified atom stereocenters. The maximum absolute atomic E-state index is 5.67. The Morgan fingerprint density at radius 1 is 1.32 bits per heavy atom. The van der Waals surface area contributed by atoms with Crippen molar-refractivity contribution in [3.05, 3.63) is 6.20 Å². The number of likely N-dealkylation sites (N-methyl/N-ethyl adjacent to an activating group) is 1. The highest BCUT2D eigenvalue weighted by molar-refractivity contribution is 5.86. The lowest BCUT2D eigenvalue weighted by Crippen LogP contribution is -2.29. The molecule has 0 aliphatic heterocycles. The van der Waals surface area contributed by atoms with Crippen LogP contribution in [0.3, 0.4) is 0 Å². The van der Waals surface area contributed by atoms with Crippen LogP contribution in [0.1, 0.15) is 20.3 Å². The summed E-state index contributed by atoms with van der Waals surface area (Å²) < 4.78 is 0. The number of nitrogens with one attached hydrogen (secondary N) is 2. The fourth-order valence-electron chi connectivity index (χ4n) is 2.06. The monoisotopic (exact) mass is 263 g/mol. The summed E-state index contributed by atoms with van der Waals surface area (Å²) in [6.07, 6.45) is 2.88. The van der Waals surface area contributed by atoms with Crippen molar-refractivity contribution in [3.8, 4) is 0 Å². The smallest absolute Gasteiger partial charge is 0.224 e. The van der Waals surface area contributed by atoms with Gasteiger partial charge in [-0.15, -0.1) is 0 Å². The quantitative estimate of drug-likeness (QED) is 0.692. The van der Waals surface area contributed by atoms with Gasteiger partial charge >= 0.3 is 0 Å². The van der Waals surface area contributed by atoms with Crippen LogP contribution in [-0.2, 0) is 0 Å². The van der Waals surface area contributed by atoms with Gasteiger partial charge in [0, 0.05) is 13.1 Å². The predicted molar refractivity (Wildman–Crippen MR) is 77.0 cm³/mol. The molecule has 0 saturated heterocycles. The number of hydrogen-bond donors (Lipinski definition) is 3. The first-order chi connectivity index (χ1) is 9.24. The van der Waals surface area contributed by atoms with Crippen LogP contribution in [0.5, 0.6) is 0 Å². The average Bonchev–Trinajstić information content (AvgIpc) is 2.85. The number of nitrogens with two attached hydrogens (primary N) is 1. The topological polar surface area (TPSA) is 95.7 Å². The Bertz CT molecular complexity index is 522. The molecule has 0 atom stereocenters. The van der Waals surface area contributed by atoms with E-state index >= 15 is 0 Å². The first kappa shape index (κ1) is 13.5. The summed E-state index contributed by atoms with van der Waals surface area (Å²) in [6, 6.07) is 0. The lowest BCUT2D eigenvalue weighted by Gasteiger charge is -2.19. The summed E-state index contributed by atoms with van der Waals surface area (Å²) in [7, 11) is 0. The van der Waals surface area contributed by atoms with E-state index in [1.54, 1.807) is 6.20 Å². The third-order valence-corrected chi connectivity index (χ3v) is 3.03. The highest BCUT2D eigenvalue weighted by Crippen LogP contribution is 2.18. The Morgan fingerprint density at radius 2 is 2.16 bits per heavy atom. The first-order valence-corrected chi connectivity index (χ1v) is 6.67. The second-order valence-electron chi connectivity index (χ2n) is 4.42. The summed E-state index contributed by atoms with van der Waals surface area (Å²) in [6.45, 7) is 8.34. The minimum atomic E-state index is 0.250. The molecule has 0 amide bonds. The van der Waals surface area contributed by atoms with E-state index in [1.807, 2.05) is 0 Å². The summed E-state index contributed by atoms with van der Waals surface area (Å²) in [5.41, 5.74) is 6.33.